The summed E-state index contributed by atoms with van der Waals surface area (Å²) in [6.45, 7) is 12.5. The lowest BCUT2D eigenvalue weighted by molar-refractivity contribution is 0.578. The Hall–Kier alpha value is -0.260. The monoisotopic (exact) mass is 226 g/mol. The second-order valence-electron chi connectivity index (χ2n) is 5.28. The quantitative estimate of drug-likeness (QED) is 0.317. The van der Waals surface area contributed by atoms with Gasteiger partial charge in [-0.3, -0.25) is 0 Å². The Morgan fingerprint density at radius 1 is 0.812 bits per heavy atom. The molecule has 98 valence electrons. The van der Waals surface area contributed by atoms with Gasteiger partial charge in [-0.1, -0.05) is 78.7 Å². The summed E-state index contributed by atoms with van der Waals surface area (Å²) in [5.41, 5.74) is 0. The molecule has 0 unspecified atom stereocenters. The third-order valence-corrected chi connectivity index (χ3v) is 2.26. The van der Waals surface area contributed by atoms with Gasteiger partial charge in [-0.15, -0.1) is 6.58 Å². The number of allylic oxidation sites excluding steroid dienone is 1. The maximum atomic E-state index is 3.72. The number of unbranched alkanes of at least 4 members (excludes halogenated alkanes) is 8. The first-order valence-electron chi connectivity index (χ1n) is 7.26. The predicted molar refractivity (Wildman–Crippen MR) is 77.9 cm³/mol. The fourth-order valence-corrected chi connectivity index (χ4v) is 1.42. The highest BCUT2D eigenvalue weighted by atomic mass is 14.0. The van der Waals surface area contributed by atoms with E-state index < -0.39 is 0 Å². The van der Waals surface area contributed by atoms with Crippen LogP contribution in [0.1, 0.15) is 85.5 Å². The molecule has 0 saturated carbocycles. The molecule has 0 aromatic carbocycles. The van der Waals surface area contributed by atoms with Crippen LogP contribution in [0.2, 0.25) is 0 Å². The summed E-state index contributed by atoms with van der Waals surface area (Å²) in [6, 6.07) is 0. The molecule has 0 saturated heterocycles. The molecule has 0 aliphatic rings. The third kappa shape index (κ3) is 29.2. The van der Waals surface area contributed by atoms with E-state index in [2.05, 4.69) is 34.3 Å². The third-order valence-electron chi connectivity index (χ3n) is 2.26. The summed E-state index contributed by atoms with van der Waals surface area (Å²) in [6.07, 6.45) is 14.5. The average molecular weight is 226 g/mol. The maximum absolute atomic E-state index is 3.72. The van der Waals surface area contributed by atoms with E-state index in [-0.39, 0.29) is 0 Å². The Balaban J connectivity index is 0. The van der Waals surface area contributed by atoms with Crippen LogP contribution >= 0.6 is 0 Å². The Kier molecular flexibility index (Phi) is 19.4. The number of hydrogen-bond acceptors (Lipinski definition) is 0. The Morgan fingerprint density at radius 2 is 1.19 bits per heavy atom. The average Bonchev–Trinajstić information content (AvgIpc) is 2.21. The summed E-state index contributed by atoms with van der Waals surface area (Å²) in [7, 11) is 0. The van der Waals surface area contributed by atoms with Gasteiger partial charge in [0.2, 0.25) is 0 Å². The molecule has 0 aromatic rings. The fourth-order valence-electron chi connectivity index (χ4n) is 1.42. The standard InChI is InChI=1S/C12H24.C4H10/c1-3-5-7-9-11-12-10-8-6-4-2;1-4(2)3/h3H,1,4-12H2,2H3;4H,1-3H3. The van der Waals surface area contributed by atoms with E-state index in [1.54, 1.807) is 0 Å². The molecule has 0 amide bonds. The number of hydrogen-bond donors (Lipinski definition) is 0. The van der Waals surface area contributed by atoms with Crippen LogP contribution in [-0.2, 0) is 0 Å². The van der Waals surface area contributed by atoms with Gasteiger partial charge in [0.15, 0.2) is 0 Å². The fraction of sp³-hybridized carbons (Fsp3) is 0.875. The largest absolute Gasteiger partial charge is 0.103 e. The van der Waals surface area contributed by atoms with Crippen LogP contribution in [0.3, 0.4) is 0 Å². The first kappa shape index (κ1) is 18.1. The van der Waals surface area contributed by atoms with E-state index in [9.17, 15) is 0 Å². The molecule has 16 heavy (non-hydrogen) atoms. The van der Waals surface area contributed by atoms with Crippen molar-refractivity contribution in [3.05, 3.63) is 12.7 Å². The van der Waals surface area contributed by atoms with E-state index in [1.165, 1.54) is 57.8 Å². The molecule has 0 aromatic heterocycles. The lowest BCUT2D eigenvalue weighted by atomic mass is 10.1. The van der Waals surface area contributed by atoms with Crippen LogP contribution in [0.15, 0.2) is 12.7 Å². The molecular weight excluding hydrogens is 192 g/mol. The summed E-state index contributed by atoms with van der Waals surface area (Å²) < 4.78 is 0. The summed E-state index contributed by atoms with van der Waals surface area (Å²) in [5.74, 6) is 0.833. The van der Waals surface area contributed by atoms with Crippen molar-refractivity contribution in [2.24, 2.45) is 5.92 Å². The molecule has 0 radical (unpaired) electrons. The van der Waals surface area contributed by atoms with Crippen LogP contribution in [0.25, 0.3) is 0 Å². The van der Waals surface area contributed by atoms with Crippen molar-refractivity contribution in [1.29, 1.82) is 0 Å². The minimum absolute atomic E-state index is 0.833. The van der Waals surface area contributed by atoms with Gasteiger partial charge in [-0.25, -0.2) is 0 Å². The van der Waals surface area contributed by atoms with Crippen molar-refractivity contribution < 1.29 is 0 Å². The zero-order valence-electron chi connectivity index (χ0n) is 12.2. The minimum Gasteiger partial charge on any atom is -0.103 e. The first-order chi connectivity index (χ1) is 7.65. The first-order valence-corrected chi connectivity index (χ1v) is 7.26. The summed E-state index contributed by atoms with van der Waals surface area (Å²) >= 11 is 0. The van der Waals surface area contributed by atoms with Crippen molar-refractivity contribution in [3.8, 4) is 0 Å². The Bertz CT molecular complexity index is 110. The van der Waals surface area contributed by atoms with Crippen LogP contribution < -0.4 is 0 Å². The smallest absolute Gasteiger partial charge is 0.0353 e. The van der Waals surface area contributed by atoms with Gasteiger partial charge in [-0.05, 0) is 18.8 Å². The lowest BCUT2D eigenvalue weighted by Crippen LogP contribution is -1.79. The molecule has 0 nitrogen and oxygen atoms in total. The van der Waals surface area contributed by atoms with Crippen LogP contribution in [0.5, 0.6) is 0 Å². The van der Waals surface area contributed by atoms with Crippen molar-refractivity contribution in [2.75, 3.05) is 0 Å². The van der Waals surface area contributed by atoms with Crippen molar-refractivity contribution in [2.45, 2.75) is 85.5 Å². The van der Waals surface area contributed by atoms with Gasteiger partial charge in [0, 0.05) is 0 Å². The summed E-state index contributed by atoms with van der Waals surface area (Å²) in [5, 5.41) is 0. The molecule has 0 fully saturated rings. The second-order valence-corrected chi connectivity index (χ2v) is 5.28. The van der Waals surface area contributed by atoms with Crippen molar-refractivity contribution in [1.82, 2.24) is 0 Å². The molecular formula is C16H34. The van der Waals surface area contributed by atoms with E-state index in [1.807, 2.05) is 6.08 Å². The SMILES string of the molecule is C=CCCCCCCCCCC.CC(C)C. The minimum atomic E-state index is 0.833. The molecule has 0 rings (SSSR count). The zero-order valence-corrected chi connectivity index (χ0v) is 12.2. The summed E-state index contributed by atoms with van der Waals surface area (Å²) in [4.78, 5) is 0. The molecule has 0 aliphatic carbocycles. The number of rotatable bonds is 9. The Morgan fingerprint density at radius 3 is 1.56 bits per heavy atom. The van der Waals surface area contributed by atoms with Gasteiger partial charge in [0.1, 0.15) is 0 Å². The molecule has 0 N–H and O–H groups in total. The second kappa shape index (κ2) is 17.1. The van der Waals surface area contributed by atoms with E-state index in [4.69, 9.17) is 0 Å². The predicted octanol–water partition coefficient (Wildman–Crippen LogP) is 6.37. The molecule has 0 heteroatoms. The van der Waals surface area contributed by atoms with Gasteiger partial charge >= 0.3 is 0 Å². The highest BCUT2D eigenvalue weighted by molar-refractivity contribution is 4.65. The lowest BCUT2D eigenvalue weighted by Gasteiger charge is -1.99. The van der Waals surface area contributed by atoms with E-state index in [0.29, 0.717) is 0 Å². The topological polar surface area (TPSA) is 0 Å². The van der Waals surface area contributed by atoms with Crippen LogP contribution in [-0.4, -0.2) is 0 Å². The molecule has 0 bridgehead atoms. The molecule has 0 heterocycles. The van der Waals surface area contributed by atoms with Gasteiger partial charge in [0.25, 0.3) is 0 Å². The normalized spacial score (nSPS) is 9.81. The van der Waals surface area contributed by atoms with Crippen LogP contribution in [0.4, 0.5) is 0 Å². The Labute approximate surface area is 105 Å². The highest BCUT2D eigenvalue weighted by Crippen LogP contribution is 2.09. The van der Waals surface area contributed by atoms with E-state index in [0.717, 1.165) is 5.92 Å². The van der Waals surface area contributed by atoms with E-state index >= 15 is 0 Å². The van der Waals surface area contributed by atoms with Crippen LogP contribution in [0, 0.1) is 5.92 Å². The highest BCUT2D eigenvalue weighted by Gasteiger charge is 1.89. The molecule has 0 aliphatic heterocycles. The maximum Gasteiger partial charge on any atom is -0.0353 e. The van der Waals surface area contributed by atoms with Crippen molar-refractivity contribution in [3.63, 3.8) is 0 Å². The molecule has 0 atom stereocenters. The van der Waals surface area contributed by atoms with Gasteiger partial charge in [0.05, 0.1) is 0 Å². The van der Waals surface area contributed by atoms with Gasteiger partial charge < -0.3 is 0 Å². The zero-order chi connectivity index (χ0) is 12.6. The van der Waals surface area contributed by atoms with Crippen molar-refractivity contribution >= 4 is 0 Å². The molecule has 0 spiro atoms. The van der Waals surface area contributed by atoms with Gasteiger partial charge in [-0.2, -0.15) is 0 Å².